The van der Waals surface area contributed by atoms with E-state index >= 15 is 0 Å². The first-order valence-electron chi connectivity index (χ1n) is 7.65. The molecular weight excluding hydrogens is 334 g/mol. The van der Waals surface area contributed by atoms with Crippen LogP contribution < -0.4 is 10.1 Å². The summed E-state index contributed by atoms with van der Waals surface area (Å²) in [5.74, 6) is 0. The second kappa shape index (κ2) is 7.63. The molecule has 2 N–H and O–H groups in total. The zero-order valence-electron chi connectivity index (χ0n) is 13.3. The molecule has 0 heterocycles. The molecule has 3 rings (SSSR count). The smallest absolute Gasteiger partial charge is 0.261 e. The lowest BCUT2D eigenvalue weighted by atomic mass is 10.2. The van der Waals surface area contributed by atoms with Crippen molar-refractivity contribution in [2.24, 2.45) is 5.10 Å². The van der Waals surface area contributed by atoms with E-state index in [2.05, 4.69) is 15.2 Å². The molecule has 5 nitrogen and oxygen atoms in total. The van der Waals surface area contributed by atoms with Gasteiger partial charge in [-0.25, -0.2) is 8.42 Å². The molecule has 3 aromatic rings. The fourth-order valence-electron chi connectivity index (χ4n) is 2.15. The highest BCUT2D eigenvalue weighted by molar-refractivity contribution is 7.92. The fourth-order valence-corrected chi connectivity index (χ4v) is 3.23. The number of sulfonamides is 1. The van der Waals surface area contributed by atoms with Crippen LogP contribution in [0.15, 0.2) is 94.9 Å². The predicted molar refractivity (Wildman–Crippen MR) is 101 cm³/mol. The van der Waals surface area contributed by atoms with Gasteiger partial charge in [-0.3, -0.25) is 10.1 Å². The topological polar surface area (TPSA) is 70.6 Å². The van der Waals surface area contributed by atoms with Crippen LogP contribution in [0.2, 0.25) is 0 Å². The molecule has 126 valence electrons. The SMILES string of the molecule is O=S(=O)(Nc1ccc(N/N=C/c2ccccc2)cc1)c1ccccc1. The highest BCUT2D eigenvalue weighted by Gasteiger charge is 2.12. The third-order valence-corrected chi connectivity index (χ3v) is 4.79. The van der Waals surface area contributed by atoms with Crippen molar-refractivity contribution >= 4 is 27.6 Å². The zero-order valence-corrected chi connectivity index (χ0v) is 14.1. The third-order valence-electron chi connectivity index (χ3n) is 3.40. The third kappa shape index (κ3) is 4.68. The Hall–Kier alpha value is -3.12. The van der Waals surface area contributed by atoms with Gasteiger partial charge in [0, 0.05) is 5.69 Å². The van der Waals surface area contributed by atoms with Gasteiger partial charge >= 0.3 is 0 Å². The molecule has 0 aromatic heterocycles. The van der Waals surface area contributed by atoms with Gasteiger partial charge in [0.1, 0.15) is 0 Å². The van der Waals surface area contributed by atoms with E-state index in [1.54, 1.807) is 60.8 Å². The maximum Gasteiger partial charge on any atom is 0.261 e. The average molecular weight is 351 g/mol. The van der Waals surface area contributed by atoms with E-state index in [1.807, 2.05) is 30.3 Å². The summed E-state index contributed by atoms with van der Waals surface area (Å²) in [6.07, 6.45) is 1.71. The van der Waals surface area contributed by atoms with E-state index in [-0.39, 0.29) is 4.90 Å². The van der Waals surface area contributed by atoms with E-state index in [4.69, 9.17) is 0 Å². The molecule has 0 fully saturated rings. The maximum atomic E-state index is 12.3. The van der Waals surface area contributed by atoms with Crippen LogP contribution in [-0.4, -0.2) is 14.6 Å². The van der Waals surface area contributed by atoms with Crippen LogP contribution in [0.4, 0.5) is 11.4 Å². The number of rotatable bonds is 6. The summed E-state index contributed by atoms with van der Waals surface area (Å²) >= 11 is 0. The van der Waals surface area contributed by atoms with E-state index in [1.165, 1.54) is 0 Å². The van der Waals surface area contributed by atoms with E-state index in [0.29, 0.717) is 5.69 Å². The quantitative estimate of drug-likeness (QED) is 0.522. The molecule has 0 saturated carbocycles. The lowest BCUT2D eigenvalue weighted by Gasteiger charge is -2.08. The molecule has 25 heavy (non-hydrogen) atoms. The summed E-state index contributed by atoms with van der Waals surface area (Å²) in [5, 5.41) is 4.15. The van der Waals surface area contributed by atoms with Crippen molar-refractivity contribution in [3.8, 4) is 0 Å². The molecule has 0 spiro atoms. The number of nitrogens with zero attached hydrogens (tertiary/aromatic N) is 1. The Balaban J connectivity index is 1.63. The van der Waals surface area contributed by atoms with E-state index < -0.39 is 10.0 Å². The fraction of sp³-hybridized carbons (Fsp3) is 0. The molecular formula is C19H17N3O2S. The number of benzene rings is 3. The van der Waals surface area contributed by atoms with Crippen LogP contribution in [-0.2, 0) is 10.0 Å². The molecule has 6 heteroatoms. The standard InChI is InChI=1S/C19H17N3O2S/c23-25(24,19-9-5-2-6-10-19)22-18-13-11-17(12-14-18)21-20-15-16-7-3-1-4-8-16/h1-15,21-22H/b20-15+. The monoisotopic (exact) mass is 351 g/mol. The Morgan fingerprint density at radius 3 is 1.92 bits per heavy atom. The van der Waals surface area contributed by atoms with Crippen molar-refractivity contribution in [2.75, 3.05) is 10.1 Å². The van der Waals surface area contributed by atoms with Crippen molar-refractivity contribution in [3.63, 3.8) is 0 Å². The molecule has 3 aromatic carbocycles. The van der Waals surface area contributed by atoms with Gasteiger partial charge in [-0.05, 0) is 42.0 Å². The largest absolute Gasteiger partial charge is 0.280 e. The molecule has 0 bridgehead atoms. The first-order chi connectivity index (χ1) is 12.1. The van der Waals surface area contributed by atoms with Gasteiger partial charge in [-0.15, -0.1) is 0 Å². The first kappa shape index (κ1) is 16.7. The Morgan fingerprint density at radius 2 is 1.28 bits per heavy atom. The zero-order chi connectivity index (χ0) is 17.5. The molecule has 0 radical (unpaired) electrons. The highest BCUT2D eigenvalue weighted by Crippen LogP contribution is 2.18. The Morgan fingerprint density at radius 1 is 0.720 bits per heavy atom. The molecule has 0 unspecified atom stereocenters. The van der Waals surface area contributed by atoms with Crippen molar-refractivity contribution < 1.29 is 8.42 Å². The molecule has 0 atom stereocenters. The predicted octanol–water partition coefficient (Wildman–Crippen LogP) is 3.93. The molecule has 0 amide bonds. The van der Waals surface area contributed by atoms with Crippen LogP contribution in [0.3, 0.4) is 0 Å². The van der Waals surface area contributed by atoms with Gasteiger partial charge in [-0.2, -0.15) is 5.10 Å². The van der Waals surface area contributed by atoms with Crippen LogP contribution in [0.5, 0.6) is 0 Å². The summed E-state index contributed by atoms with van der Waals surface area (Å²) in [6.45, 7) is 0. The minimum atomic E-state index is -3.58. The van der Waals surface area contributed by atoms with Crippen LogP contribution in [0.25, 0.3) is 0 Å². The Bertz CT molecular complexity index is 939. The van der Waals surface area contributed by atoms with Gasteiger partial charge in [-0.1, -0.05) is 48.5 Å². The number of anilines is 2. The molecule has 0 saturated heterocycles. The van der Waals surface area contributed by atoms with E-state index in [0.717, 1.165) is 11.3 Å². The minimum absolute atomic E-state index is 0.227. The number of hydrogen-bond acceptors (Lipinski definition) is 4. The van der Waals surface area contributed by atoms with Gasteiger partial charge < -0.3 is 0 Å². The summed E-state index contributed by atoms with van der Waals surface area (Å²) in [5.41, 5.74) is 5.14. The van der Waals surface area contributed by atoms with Crippen LogP contribution in [0.1, 0.15) is 5.56 Å². The van der Waals surface area contributed by atoms with Crippen molar-refractivity contribution in [1.29, 1.82) is 0 Å². The number of hydrazone groups is 1. The van der Waals surface area contributed by atoms with Crippen LogP contribution in [0, 0.1) is 0 Å². The van der Waals surface area contributed by atoms with Crippen molar-refractivity contribution in [2.45, 2.75) is 4.90 Å². The van der Waals surface area contributed by atoms with Crippen LogP contribution >= 0.6 is 0 Å². The lowest BCUT2D eigenvalue weighted by molar-refractivity contribution is 0.601. The van der Waals surface area contributed by atoms with Gasteiger partial charge in [0.05, 0.1) is 16.8 Å². The van der Waals surface area contributed by atoms with Gasteiger partial charge in [0.2, 0.25) is 0 Å². The second-order valence-electron chi connectivity index (χ2n) is 5.28. The Labute approximate surface area is 147 Å². The van der Waals surface area contributed by atoms with Crippen molar-refractivity contribution in [1.82, 2.24) is 0 Å². The summed E-state index contributed by atoms with van der Waals surface area (Å²) in [4.78, 5) is 0.227. The molecule has 0 aliphatic heterocycles. The highest BCUT2D eigenvalue weighted by atomic mass is 32.2. The summed E-state index contributed by atoms with van der Waals surface area (Å²) in [6, 6.07) is 24.8. The molecule has 0 aliphatic carbocycles. The first-order valence-corrected chi connectivity index (χ1v) is 9.14. The minimum Gasteiger partial charge on any atom is -0.280 e. The number of hydrogen-bond donors (Lipinski definition) is 2. The number of nitrogens with one attached hydrogen (secondary N) is 2. The summed E-state index contributed by atoms with van der Waals surface area (Å²) in [7, 11) is -3.58. The summed E-state index contributed by atoms with van der Waals surface area (Å²) < 4.78 is 27.1. The average Bonchev–Trinajstić information content (AvgIpc) is 2.65. The lowest BCUT2D eigenvalue weighted by Crippen LogP contribution is -2.12. The van der Waals surface area contributed by atoms with Gasteiger partial charge in [0.25, 0.3) is 10.0 Å². The van der Waals surface area contributed by atoms with E-state index in [9.17, 15) is 8.42 Å². The Kier molecular flexibility index (Phi) is 5.11. The van der Waals surface area contributed by atoms with Gasteiger partial charge in [0.15, 0.2) is 0 Å². The van der Waals surface area contributed by atoms with Crippen molar-refractivity contribution in [3.05, 3.63) is 90.5 Å². The normalized spacial score (nSPS) is 11.4. The second-order valence-corrected chi connectivity index (χ2v) is 6.96. The maximum absolute atomic E-state index is 12.3. The molecule has 0 aliphatic rings.